The summed E-state index contributed by atoms with van der Waals surface area (Å²) in [4.78, 5) is 16.6. The molecule has 33 heavy (non-hydrogen) atoms. The molecule has 2 aromatic carbocycles. The lowest BCUT2D eigenvalue weighted by molar-refractivity contribution is 0.215. The summed E-state index contributed by atoms with van der Waals surface area (Å²) in [5.74, 6) is 1.24. The number of ether oxygens (including phenoxy) is 2. The number of unbranched alkanes of at least 4 members (excludes halogenated alkanes) is 9. The lowest BCUT2D eigenvalue weighted by atomic mass is 10.1. The van der Waals surface area contributed by atoms with E-state index in [0.717, 1.165) is 24.2 Å². The molecule has 0 saturated carbocycles. The molecule has 0 atom stereocenters. The minimum absolute atomic E-state index is 0.432. The maximum atomic E-state index is 12.3. The predicted octanol–water partition coefficient (Wildman–Crippen LogP) is 8.15. The van der Waals surface area contributed by atoms with Crippen LogP contribution in [0.2, 0.25) is 0 Å². The van der Waals surface area contributed by atoms with Crippen molar-refractivity contribution in [3.05, 3.63) is 60.8 Å². The second-order valence-electron chi connectivity index (χ2n) is 8.40. The van der Waals surface area contributed by atoms with Crippen molar-refractivity contribution in [2.24, 2.45) is 0 Å². The van der Waals surface area contributed by atoms with Crippen LogP contribution in [0.5, 0.6) is 11.5 Å². The molecule has 3 aromatic rings. The summed E-state index contributed by atoms with van der Waals surface area (Å²) < 4.78 is 11.3. The zero-order valence-corrected chi connectivity index (χ0v) is 19.7. The van der Waals surface area contributed by atoms with Gasteiger partial charge >= 0.3 is 6.09 Å². The minimum Gasteiger partial charge on any atom is -0.494 e. The number of benzene rings is 2. The number of carbonyl (C=O) groups excluding carboxylic acids is 1. The third-order valence-electron chi connectivity index (χ3n) is 5.67. The molecule has 0 unspecified atom stereocenters. The number of pyridine rings is 1. The monoisotopic (exact) mass is 448 g/mol. The fraction of sp³-hybridized carbons (Fsp3) is 0.429. The van der Waals surface area contributed by atoms with Gasteiger partial charge in [0, 0.05) is 17.3 Å². The molecule has 176 valence electrons. The Bertz CT molecular complexity index is 967. The average Bonchev–Trinajstić information content (AvgIpc) is 2.84. The second-order valence-corrected chi connectivity index (χ2v) is 8.40. The van der Waals surface area contributed by atoms with E-state index in [1.54, 1.807) is 12.3 Å². The molecule has 1 amide bonds. The molecule has 0 radical (unpaired) electrons. The molecule has 5 heteroatoms. The Hall–Kier alpha value is -3.08. The van der Waals surface area contributed by atoms with Crippen LogP contribution in [0.15, 0.2) is 60.8 Å². The Labute approximate surface area is 197 Å². The van der Waals surface area contributed by atoms with Crippen molar-refractivity contribution >= 4 is 22.7 Å². The van der Waals surface area contributed by atoms with Gasteiger partial charge in [0.15, 0.2) is 5.75 Å². The number of amides is 1. The van der Waals surface area contributed by atoms with Crippen molar-refractivity contribution in [3.8, 4) is 11.5 Å². The van der Waals surface area contributed by atoms with Crippen molar-refractivity contribution in [3.63, 3.8) is 0 Å². The number of carbonyl (C=O) groups is 1. The van der Waals surface area contributed by atoms with Gasteiger partial charge < -0.3 is 9.47 Å². The summed E-state index contributed by atoms with van der Waals surface area (Å²) in [7, 11) is 0. The predicted molar refractivity (Wildman–Crippen MR) is 135 cm³/mol. The highest BCUT2D eigenvalue weighted by molar-refractivity contribution is 5.91. The van der Waals surface area contributed by atoms with Crippen LogP contribution >= 0.6 is 0 Å². The number of nitrogens with zero attached hydrogens (tertiary/aromatic N) is 1. The van der Waals surface area contributed by atoms with E-state index in [1.165, 1.54) is 57.8 Å². The lowest BCUT2D eigenvalue weighted by Gasteiger charge is -2.10. The molecule has 1 N–H and O–H groups in total. The van der Waals surface area contributed by atoms with E-state index in [0.29, 0.717) is 17.0 Å². The quantitative estimate of drug-likeness (QED) is 0.253. The van der Waals surface area contributed by atoms with Gasteiger partial charge in [0.2, 0.25) is 0 Å². The number of aromatic nitrogens is 1. The fourth-order valence-corrected chi connectivity index (χ4v) is 3.82. The molecule has 0 spiro atoms. The van der Waals surface area contributed by atoms with Gasteiger partial charge in [0.25, 0.3) is 0 Å². The Morgan fingerprint density at radius 2 is 1.48 bits per heavy atom. The summed E-state index contributed by atoms with van der Waals surface area (Å²) in [5.41, 5.74) is 1.31. The number of anilines is 1. The SMILES string of the molecule is CCCCCCCCCCCCOc1ccc(NC(=O)Oc2cccc3cccnc23)cc1. The van der Waals surface area contributed by atoms with Crippen LogP contribution in [0, 0.1) is 0 Å². The molecule has 5 nitrogen and oxygen atoms in total. The highest BCUT2D eigenvalue weighted by atomic mass is 16.6. The molecule has 0 aliphatic carbocycles. The minimum atomic E-state index is -0.549. The highest BCUT2D eigenvalue weighted by Gasteiger charge is 2.09. The van der Waals surface area contributed by atoms with Gasteiger partial charge in [0.1, 0.15) is 11.3 Å². The van der Waals surface area contributed by atoms with Crippen LogP contribution in [0.4, 0.5) is 10.5 Å². The molecule has 0 fully saturated rings. The summed E-state index contributed by atoms with van der Waals surface area (Å²) in [6.45, 7) is 2.98. The molecule has 3 rings (SSSR count). The van der Waals surface area contributed by atoms with Crippen LogP contribution in [0.3, 0.4) is 0 Å². The Morgan fingerprint density at radius 1 is 0.818 bits per heavy atom. The Kier molecular flexibility index (Phi) is 10.5. The standard InChI is InChI=1S/C28H36N2O3/c1-2-3-4-5-6-7-8-9-10-11-22-32-25-19-17-24(18-20-25)30-28(31)33-26-16-12-14-23-15-13-21-29-27(23)26/h12-21H,2-11,22H2,1H3,(H,30,31). The molecule has 0 bridgehead atoms. The first-order chi connectivity index (χ1) is 16.3. The van der Waals surface area contributed by atoms with Gasteiger partial charge in [-0.1, -0.05) is 82.9 Å². The molecule has 1 aromatic heterocycles. The van der Waals surface area contributed by atoms with Crippen molar-refractivity contribution < 1.29 is 14.3 Å². The van der Waals surface area contributed by atoms with E-state index < -0.39 is 6.09 Å². The van der Waals surface area contributed by atoms with Crippen LogP contribution in [0.1, 0.15) is 71.1 Å². The van der Waals surface area contributed by atoms with Gasteiger partial charge in [-0.05, 0) is 42.8 Å². The highest BCUT2D eigenvalue weighted by Crippen LogP contribution is 2.24. The molecule has 1 heterocycles. The van der Waals surface area contributed by atoms with Crippen molar-refractivity contribution in [1.29, 1.82) is 0 Å². The number of rotatable bonds is 14. The summed E-state index contributed by atoms with van der Waals surface area (Å²) in [5, 5.41) is 3.67. The molecule has 0 aliphatic heterocycles. The smallest absolute Gasteiger partial charge is 0.417 e. The van der Waals surface area contributed by atoms with Gasteiger partial charge in [-0.15, -0.1) is 0 Å². The van der Waals surface area contributed by atoms with Gasteiger partial charge in [-0.25, -0.2) is 4.79 Å². The number of hydrogen-bond acceptors (Lipinski definition) is 4. The number of nitrogens with one attached hydrogen (secondary N) is 1. The van der Waals surface area contributed by atoms with E-state index in [2.05, 4.69) is 17.2 Å². The molecule has 0 saturated heterocycles. The first kappa shape index (κ1) is 24.6. The van der Waals surface area contributed by atoms with Gasteiger partial charge in [-0.2, -0.15) is 0 Å². The first-order valence-corrected chi connectivity index (χ1v) is 12.3. The zero-order valence-electron chi connectivity index (χ0n) is 19.7. The molecular formula is C28H36N2O3. The normalized spacial score (nSPS) is 10.8. The van der Waals surface area contributed by atoms with E-state index in [1.807, 2.05) is 48.5 Å². The Morgan fingerprint density at radius 3 is 2.21 bits per heavy atom. The largest absolute Gasteiger partial charge is 0.494 e. The summed E-state index contributed by atoms with van der Waals surface area (Å²) in [6.07, 6.45) is 14.2. The van der Waals surface area contributed by atoms with Gasteiger partial charge in [0.05, 0.1) is 6.61 Å². The third kappa shape index (κ3) is 8.76. The van der Waals surface area contributed by atoms with E-state index in [9.17, 15) is 4.79 Å². The van der Waals surface area contributed by atoms with Crippen LogP contribution < -0.4 is 14.8 Å². The number of hydrogen-bond donors (Lipinski definition) is 1. The van der Waals surface area contributed by atoms with Gasteiger partial charge in [-0.3, -0.25) is 10.3 Å². The second kappa shape index (κ2) is 14.1. The van der Waals surface area contributed by atoms with E-state index >= 15 is 0 Å². The van der Waals surface area contributed by atoms with Crippen molar-refractivity contribution in [1.82, 2.24) is 4.98 Å². The Balaban J connectivity index is 1.31. The van der Waals surface area contributed by atoms with Crippen molar-refractivity contribution in [2.75, 3.05) is 11.9 Å². The van der Waals surface area contributed by atoms with E-state index in [4.69, 9.17) is 9.47 Å². The molecule has 0 aliphatic rings. The zero-order chi connectivity index (χ0) is 23.1. The number of fused-ring (bicyclic) bond motifs is 1. The van der Waals surface area contributed by atoms with E-state index in [-0.39, 0.29) is 0 Å². The first-order valence-electron chi connectivity index (χ1n) is 12.3. The summed E-state index contributed by atoms with van der Waals surface area (Å²) >= 11 is 0. The summed E-state index contributed by atoms with van der Waals surface area (Å²) in [6, 6.07) is 16.7. The third-order valence-corrected chi connectivity index (χ3v) is 5.67. The fourth-order valence-electron chi connectivity index (χ4n) is 3.82. The number of para-hydroxylation sites is 1. The van der Waals surface area contributed by atoms with Crippen molar-refractivity contribution in [2.45, 2.75) is 71.1 Å². The van der Waals surface area contributed by atoms with Crippen LogP contribution in [-0.2, 0) is 0 Å². The van der Waals surface area contributed by atoms with Crippen LogP contribution in [0.25, 0.3) is 10.9 Å². The maximum Gasteiger partial charge on any atom is 0.417 e. The average molecular weight is 449 g/mol. The maximum absolute atomic E-state index is 12.3. The van der Waals surface area contributed by atoms with Crippen LogP contribution in [-0.4, -0.2) is 17.7 Å². The lowest BCUT2D eigenvalue weighted by Crippen LogP contribution is -2.16. The molecular weight excluding hydrogens is 412 g/mol. The topological polar surface area (TPSA) is 60.5 Å².